The predicted octanol–water partition coefficient (Wildman–Crippen LogP) is 1.78. The Balaban J connectivity index is 2.17. The number of nitrogens with zero attached hydrogens (tertiary/aromatic N) is 3. The van der Waals surface area contributed by atoms with Crippen molar-refractivity contribution in [2.24, 2.45) is 7.05 Å². The van der Waals surface area contributed by atoms with Crippen molar-refractivity contribution in [3.63, 3.8) is 0 Å². The number of carboxylic acids is 1. The fraction of sp³-hybridized carbons (Fsp3) is 0.385. The molecule has 5 heteroatoms. The number of aromatic nitrogens is 3. The molecule has 0 aliphatic heterocycles. The van der Waals surface area contributed by atoms with Crippen LogP contribution in [0.5, 0.6) is 0 Å². The van der Waals surface area contributed by atoms with Crippen molar-refractivity contribution in [2.45, 2.75) is 26.8 Å². The molecule has 5 nitrogen and oxygen atoms in total. The molecule has 2 rings (SSSR count). The largest absolute Gasteiger partial charge is 0.478 e. The lowest BCUT2D eigenvalue weighted by atomic mass is 10.2. The highest BCUT2D eigenvalue weighted by atomic mass is 16.4. The van der Waals surface area contributed by atoms with E-state index in [1.807, 2.05) is 37.7 Å². The van der Waals surface area contributed by atoms with Crippen LogP contribution in [0.15, 0.2) is 18.3 Å². The summed E-state index contributed by atoms with van der Waals surface area (Å²) in [6.07, 6.45) is 2.71. The summed E-state index contributed by atoms with van der Waals surface area (Å²) < 4.78 is 3.80. The minimum atomic E-state index is -0.868. The van der Waals surface area contributed by atoms with Crippen LogP contribution in [0, 0.1) is 13.8 Å². The van der Waals surface area contributed by atoms with Crippen molar-refractivity contribution in [3.8, 4) is 0 Å². The number of carboxylic acid groups (broad SMARTS) is 1. The van der Waals surface area contributed by atoms with E-state index in [0.717, 1.165) is 30.0 Å². The third kappa shape index (κ3) is 2.30. The van der Waals surface area contributed by atoms with Gasteiger partial charge in [-0.1, -0.05) is 0 Å². The van der Waals surface area contributed by atoms with Gasteiger partial charge in [0, 0.05) is 37.6 Å². The van der Waals surface area contributed by atoms with E-state index in [2.05, 4.69) is 5.10 Å². The summed E-state index contributed by atoms with van der Waals surface area (Å²) in [5, 5.41) is 13.4. The van der Waals surface area contributed by atoms with E-state index in [1.165, 1.54) is 0 Å². The number of aryl methyl sites for hydroxylation is 3. The lowest BCUT2D eigenvalue weighted by Gasteiger charge is -2.08. The van der Waals surface area contributed by atoms with E-state index in [9.17, 15) is 4.79 Å². The molecule has 0 aromatic carbocycles. The van der Waals surface area contributed by atoms with Crippen LogP contribution in [-0.2, 0) is 20.0 Å². The fourth-order valence-electron chi connectivity index (χ4n) is 2.18. The average molecular weight is 247 g/mol. The summed E-state index contributed by atoms with van der Waals surface area (Å²) in [5.41, 5.74) is 3.17. The van der Waals surface area contributed by atoms with Gasteiger partial charge in [0.05, 0.1) is 11.3 Å². The van der Waals surface area contributed by atoms with Gasteiger partial charge in [-0.2, -0.15) is 5.10 Å². The zero-order valence-corrected chi connectivity index (χ0v) is 10.8. The second kappa shape index (κ2) is 4.68. The second-order valence-electron chi connectivity index (χ2n) is 4.47. The third-order valence-electron chi connectivity index (χ3n) is 3.16. The van der Waals surface area contributed by atoms with Crippen LogP contribution in [0.4, 0.5) is 0 Å². The molecular weight excluding hydrogens is 230 g/mol. The number of rotatable bonds is 4. The highest BCUT2D eigenvalue weighted by Crippen LogP contribution is 2.15. The molecule has 0 saturated heterocycles. The number of aromatic carboxylic acids is 1. The Morgan fingerprint density at radius 1 is 1.44 bits per heavy atom. The van der Waals surface area contributed by atoms with Gasteiger partial charge < -0.3 is 9.67 Å². The number of carbonyl (C=O) groups is 1. The quantitative estimate of drug-likeness (QED) is 0.895. The maximum absolute atomic E-state index is 11.0. The van der Waals surface area contributed by atoms with Crippen LogP contribution in [-0.4, -0.2) is 25.4 Å². The molecule has 1 N–H and O–H groups in total. The molecule has 2 heterocycles. The molecule has 0 saturated carbocycles. The summed E-state index contributed by atoms with van der Waals surface area (Å²) in [4.78, 5) is 11.0. The van der Waals surface area contributed by atoms with Crippen molar-refractivity contribution in [1.29, 1.82) is 0 Å². The minimum absolute atomic E-state index is 0.383. The first-order valence-electron chi connectivity index (χ1n) is 5.87. The van der Waals surface area contributed by atoms with Gasteiger partial charge in [-0.15, -0.1) is 0 Å². The van der Waals surface area contributed by atoms with E-state index < -0.39 is 5.97 Å². The maximum Gasteiger partial charge on any atom is 0.337 e. The number of hydrogen-bond acceptors (Lipinski definition) is 2. The highest BCUT2D eigenvalue weighted by Gasteiger charge is 2.14. The molecule has 2 aromatic heterocycles. The van der Waals surface area contributed by atoms with E-state index in [0.29, 0.717) is 5.56 Å². The summed E-state index contributed by atoms with van der Waals surface area (Å²) in [6.45, 7) is 4.52. The molecule has 0 spiro atoms. The van der Waals surface area contributed by atoms with Crippen LogP contribution in [0.3, 0.4) is 0 Å². The Labute approximate surface area is 106 Å². The number of hydrogen-bond donors (Lipinski definition) is 1. The van der Waals surface area contributed by atoms with Crippen LogP contribution in [0.2, 0.25) is 0 Å². The Hall–Kier alpha value is -2.04. The molecule has 2 aromatic rings. The van der Waals surface area contributed by atoms with Crippen molar-refractivity contribution < 1.29 is 9.90 Å². The Morgan fingerprint density at radius 3 is 2.67 bits per heavy atom. The molecule has 0 bridgehead atoms. The molecule has 0 unspecified atom stereocenters. The average Bonchev–Trinajstić information content (AvgIpc) is 2.82. The van der Waals surface area contributed by atoms with Crippen molar-refractivity contribution >= 4 is 5.97 Å². The van der Waals surface area contributed by atoms with Gasteiger partial charge in [-0.05, 0) is 26.0 Å². The van der Waals surface area contributed by atoms with Gasteiger partial charge in [-0.25, -0.2) is 4.79 Å². The smallest absolute Gasteiger partial charge is 0.337 e. The first-order valence-corrected chi connectivity index (χ1v) is 5.87. The standard InChI is InChI=1S/C13H17N3O2/c1-9-8-12(13(17)18)10(2)16(9)7-5-11-4-6-15(3)14-11/h4,6,8H,5,7H2,1-3H3,(H,17,18). The van der Waals surface area contributed by atoms with Crippen LogP contribution in [0.1, 0.15) is 27.4 Å². The summed E-state index contributed by atoms with van der Waals surface area (Å²) in [7, 11) is 1.89. The maximum atomic E-state index is 11.0. The van der Waals surface area contributed by atoms with Crippen molar-refractivity contribution in [3.05, 3.63) is 41.0 Å². The lowest BCUT2D eigenvalue weighted by molar-refractivity contribution is 0.0696. The minimum Gasteiger partial charge on any atom is -0.478 e. The summed E-state index contributed by atoms with van der Waals surface area (Å²) in [6, 6.07) is 3.70. The van der Waals surface area contributed by atoms with Gasteiger partial charge in [-0.3, -0.25) is 4.68 Å². The van der Waals surface area contributed by atoms with Crippen molar-refractivity contribution in [1.82, 2.24) is 14.3 Å². The molecular formula is C13H17N3O2. The van der Waals surface area contributed by atoms with Gasteiger partial charge >= 0.3 is 5.97 Å². The molecule has 0 radical (unpaired) electrons. The summed E-state index contributed by atoms with van der Waals surface area (Å²) >= 11 is 0. The van der Waals surface area contributed by atoms with Gasteiger partial charge in [0.2, 0.25) is 0 Å². The zero-order valence-electron chi connectivity index (χ0n) is 10.8. The SMILES string of the molecule is Cc1cc(C(=O)O)c(C)n1CCc1ccn(C)n1. The predicted molar refractivity (Wildman–Crippen MR) is 67.8 cm³/mol. The monoisotopic (exact) mass is 247 g/mol. The Kier molecular flexibility index (Phi) is 3.23. The first kappa shape index (κ1) is 12.4. The molecule has 0 aliphatic rings. The van der Waals surface area contributed by atoms with E-state index >= 15 is 0 Å². The van der Waals surface area contributed by atoms with Gasteiger partial charge in [0.1, 0.15) is 0 Å². The highest BCUT2D eigenvalue weighted by molar-refractivity contribution is 5.89. The molecule has 0 amide bonds. The lowest BCUT2D eigenvalue weighted by Crippen LogP contribution is -2.07. The molecule has 96 valence electrons. The summed E-state index contributed by atoms with van der Waals surface area (Å²) in [5.74, 6) is -0.868. The van der Waals surface area contributed by atoms with Crippen molar-refractivity contribution in [2.75, 3.05) is 0 Å². The molecule has 0 atom stereocenters. The molecule has 0 fully saturated rings. The third-order valence-corrected chi connectivity index (χ3v) is 3.16. The van der Waals surface area contributed by atoms with Crippen LogP contribution >= 0.6 is 0 Å². The van der Waals surface area contributed by atoms with Crippen LogP contribution in [0.25, 0.3) is 0 Å². The van der Waals surface area contributed by atoms with Crippen LogP contribution < -0.4 is 0 Å². The Morgan fingerprint density at radius 2 is 2.17 bits per heavy atom. The van der Waals surface area contributed by atoms with E-state index in [1.54, 1.807) is 10.7 Å². The van der Waals surface area contributed by atoms with E-state index in [4.69, 9.17) is 5.11 Å². The van der Waals surface area contributed by atoms with Gasteiger partial charge in [0.15, 0.2) is 0 Å². The van der Waals surface area contributed by atoms with Gasteiger partial charge in [0.25, 0.3) is 0 Å². The first-order chi connectivity index (χ1) is 8.49. The van der Waals surface area contributed by atoms with E-state index in [-0.39, 0.29) is 0 Å². The molecule has 0 aliphatic carbocycles. The molecule has 18 heavy (non-hydrogen) atoms. The Bertz CT molecular complexity index is 581. The zero-order chi connectivity index (χ0) is 13.3. The normalized spacial score (nSPS) is 10.8. The fourth-order valence-corrected chi connectivity index (χ4v) is 2.18. The second-order valence-corrected chi connectivity index (χ2v) is 4.47. The topological polar surface area (TPSA) is 60.0 Å².